The van der Waals surface area contributed by atoms with E-state index < -0.39 is 0 Å². The summed E-state index contributed by atoms with van der Waals surface area (Å²) in [6.45, 7) is 4.11. The van der Waals surface area contributed by atoms with Gasteiger partial charge in [0.15, 0.2) is 5.78 Å². The number of Topliss-reactive ketones (excluding diaryl/α,β-unsaturated/α-hetero) is 1. The average Bonchev–Trinajstić information content (AvgIpc) is 3.14. The van der Waals surface area contributed by atoms with E-state index in [-0.39, 0.29) is 11.7 Å². The molecule has 3 nitrogen and oxygen atoms in total. The van der Waals surface area contributed by atoms with Crippen molar-refractivity contribution in [3.63, 3.8) is 0 Å². The Kier molecular flexibility index (Phi) is 5.95. The van der Waals surface area contributed by atoms with Gasteiger partial charge in [0.05, 0.1) is 5.56 Å². The predicted molar refractivity (Wildman–Crippen MR) is 138 cm³/mol. The molecule has 0 fully saturated rings. The Labute approximate surface area is 204 Å². The molecule has 4 heteroatoms. The fourth-order valence-corrected chi connectivity index (χ4v) is 4.52. The molecule has 0 radical (unpaired) electrons. The van der Waals surface area contributed by atoms with Crippen LogP contribution in [0.15, 0.2) is 103 Å². The normalized spacial score (nSPS) is 15.9. The van der Waals surface area contributed by atoms with Crippen LogP contribution in [-0.2, 0) is 0 Å². The minimum Gasteiger partial charge on any atom is -0.457 e. The monoisotopic (exact) mass is 465 g/mol. The van der Waals surface area contributed by atoms with Crippen molar-refractivity contribution in [3.05, 3.63) is 136 Å². The number of anilines is 1. The molecule has 1 atom stereocenters. The number of aryl methyl sites for hydroxylation is 2. The predicted octanol–water partition coefficient (Wildman–Crippen LogP) is 8.07. The Morgan fingerprint density at radius 1 is 0.882 bits per heavy atom. The van der Waals surface area contributed by atoms with E-state index in [2.05, 4.69) is 49.5 Å². The standard InChI is InChI=1S/C30H24ClNO2/c1-19-11-12-20(2)26(17-19)32-18-25-28(21-7-4-3-5-8-21)24-9-6-10-27(29(24)30(25)33)34-23-15-13-22(31)14-16-23/h3-18,28,32H,1-2H3/b25-18+/t28-/m0/s1. The first-order valence-electron chi connectivity index (χ1n) is 11.2. The Balaban J connectivity index is 1.59. The number of rotatable bonds is 5. The van der Waals surface area contributed by atoms with Crippen LogP contribution < -0.4 is 10.1 Å². The van der Waals surface area contributed by atoms with Gasteiger partial charge in [0.2, 0.25) is 0 Å². The van der Waals surface area contributed by atoms with Crippen molar-refractivity contribution < 1.29 is 9.53 Å². The minimum atomic E-state index is -0.185. The van der Waals surface area contributed by atoms with Gasteiger partial charge in [-0.05, 0) is 72.5 Å². The second-order valence-electron chi connectivity index (χ2n) is 8.51. The van der Waals surface area contributed by atoms with Crippen molar-refractivity contribution in [3.8, 4) is 11.5 Å². The molecule has 0 amide bonds. The number of benzene rings is 4. The van der Waals surface area contributed by atoms with Crippen LogP contribution in [0, 0.1) is 13.8 Å². The number of hydrogen-bond acceptors (Lipinski definition) is 3. The van der Waals surface area contributed by atoms with E-state index in [9.17, 15) is 4.79 Å². The zero-order chi connectivity index (χ0) is 23.7. The largest absolute Gasteiger partial charge is 0.457 e. The van der Waals surface area contributed by atoms with Crippen LogP contribution in [0.3, 0.4) is 0 Å². The highest BCUT2D eigenvalue weighted by Crippen LogP contribution is 2.46. The molecular formula is C30H24ClNO2. The van der Waals surface area contributed by atoms with Crippen LogP contribution in [0.2, 0.25) is 5.02 Å². The summed E-state index contributed by atoms with van der Waals surface area (Å²) in [5.41, 5.74) is 6.55. The summed E-state index contributed by atoms with van der Waals surface area (Å²) in [6.07, 6.45) is 1.86. The average molecular weight is 466 g/mol. The van der Waals surface area contributed by atoms with Gasteiger partial charge in [-0.3, -0.25) is 4.79 Å². The third kappa shape index (κ3) is 4.23. The van der Waals surface area contributed by atoms with Crippen LogP contribution in [0.4, 0.5) is 5.69 Å². The van der Waals surface area contributed by atoms with Gasteiger partial charge in [-0.25, -0.2) is 0 Å². The van der Waals surface area contributed by atoms with E-state index in [1.54, 1.807) is 24.3 Å². The summed E-state index contributed by atoms with van der Waals surface area (Å²) >= 11 is 6.02. The van der Waals surface area contributed by atoms with E-state index in [4.69, 9.17) is 16.3 Å². The van der Waals surface area contributed by atoms with Crippen molar-refractivity contribution in [2.24, 2.45) is 0 Å². The molecule has 4 aromatic rings. The number of carbonyl (C=O) groups excluding carboxylic acids is 1. The van der Waals surface area contributed by atoms with E-state index in [0.717, 1.165) is 27.9 Å². The highest BCUT2D eigenvalue weighted by Gasteiger charge is 2.38. The molecule has 1 N–H and O–H groups in total. The fraction of sp³-hybridized carbons (Fsp3) is 0.100. The van der Waals surface area contributed by atoms with E-state index >= 15 is 0 Å². The molecule has 0 saturated heterocycles. The van der Waals surface area contributed by atoms with E-state index in [1.165, 1.54) is 0 Å². The lowest BCUT2D eigenvalue weighted by atomic mass is 9.90. The minimum absolute atomic E-state index is 0.0359. The molecular weight excluding hydrogens is 442 g/mol. The number of hydrogen-bond donors (Lipinski definition) is 1. The smallest absolute Gasteiger partial charge is 0.195 e. The fourth-order valence-electron chi connectivity index (χ4n) is 4.39. The molecule has 1 aliphatic rings. The second kappa shape index (κ2) is 9.20. The van der Waals surface area contributed by atoms with Gasteiger partial charge in [0, 0.05) is 28.4 Å². The van der Waals surface area contributed by atoms with Gasteiger partial charge in [0.1, 0.15) is 11.5 Å². The third-order valence-corrected chi connectivity index (χ3v) is 6.37. The zero-order valence-corrected chi connectivity index (χ0v) is 19.8. The Morgan fingerprint density at radius 2 is 1.65 bits per heavy atom. The second-order valence-corrected chi connectivity index (χ2v) is 8.95. The van der Waals surface area contributed by atoms with Crippen LogP contribution >= 0.6 is 11.6 Å². The van der Waals surface area contributed by atoms with Gasteiger partial charge in [-0.2, -0.15) is 0 Å². The Bertz CT molecular complexity index is 1390. The molecule has 0 saturated carbocycles. The summed E-state index contributed by atoms with van der Waals surface area (Å²) in [6, 6.07) is 29.3. The van der Waals surface area contributed by atoms with Crippen molar-refractivity contribution >= 4 is 23.1 Å². The highest BCUT2D eigenvalue weighted by atomic mass is 35.5. The molecule has 0 spiro atoms. The SMILES string of the molecule is Cc1ccc(C)c(N/C=C2/C(=O)c3c(Oc4ccc(Cl)cc4)cccc3[C@@H]2c2ccccc2)c1. The molecule has 5 rings (SSSR count). The van der Waals surface area contributed by atoms with Gasteiger partial charge >= 0.3 is 0 Å². The lowest BCUT2D eigenvalue weighted by Gasteiger charge is -2.15. The van der Waals surface area contributed by atoms with Crippen LogP contribution in [0.5, 0.6) is 11.5 Å². The Hall–Kier alpha value is -3.82. The number of allylic oxidation sites excluding steroid dienone is 1. The quantitative estimate of drug-likeness (QED) is 0.303. The Morgan fingerprint density at radius 3 is 2.41 bits per heavy atom. The number of nitrogens with one attached hydrogen (secondary N) is 1. The topological polar surface area (TPSA) is 38.3 Å². The van der Waals surface area contributed by atoms with Crippen LogP contribution in [-0.4, -0.2) is 5.78 Å². The first-order valence-corrected chi connectivity index (χ1v) is 11.6. The lowest BCUT2D eigenvalue weighted by Crippen LogP contribution is -2.06. The molecule has 0 heterocycles. The molecule has 0 aliphatic heterocycles. The zero-order valence-electron chi connectivity index (χ0n) is 19.0. The molecule has 1 aliphatic carbocycles. The summed E-state index contributed by atoms with van der Waals surface area (Å²) in [5.74, 6) is 0.954. The van der Waals surface area contributed by atoms with Gasteiger partial charge in [-0.1, -0.05) is 66.2 Å². The maximum Gasteiger partial charge on any atom is 0.195 e. The number of ketones is 1. The molecule has 168 valence electrons. The van der Waals surface area contributed by atoms with Crippen molar-refractivity contribution in [2.45, 2.75) is 19.8 Å². The molecule has 34 heavy (non-hydrogen) atoms. The summed E-state index contributed by atoms with van der Waals surface area (Å²) < 4.78 is 6.15. The summed E-state index contributed by atoms with van der Waals surface area (Å²) in [4.78, 5) is 13.8. The molecule has 4 aromatic carbocycles. The van der Waals surface area contributed by atoms with E-state index in [1.807, 2.05) is 42.6 Å². The van der Waals surface area contributed by atoms with Crippen molar-refractivity contribution in [1.82, 2.24) is 0 Å². The van der Waals surface area contributed by atoms with Crippen molar-refractivity contribution in [2.75, 3.05) is 5.32 Å². The summed E-state index contributed by atoms with van der Waals surface area (Å²) in [5, 5.41) is 4.03. The lowest BCUT2D eigenvalue weighted by molar-refractivity contribution is 0.103. The van der Waals surface area contributed by atoms with Crippen LogP contribution in [0.25, 0.3) is 0 Å². The van der Waals surface area contributed by atoms with E-state index in [0.29, 0.717) is 27.7 Å². The van der Waals surface area contributed by atoms with Crippen LogP contribution in [0.1, 0.15) is 38.5 Å². The van der Waals surface area contributed by atoms with Crippen molar-refractivity contribution in [1.29, 1.82) is 0 Å². The molecule has 0 unspecified atom stereocenters. The summed E-state index contributed by atoms with van der Waals surface area (Å²) in [7, 11) is 0. The first-order chi connectivity index (χ1) is 16.5. The maximum absolute atomic E-state index is 13.8. The number of carbonyl (C=O) groups is 1. The van der Waals surface area contributed by atoms with Gasteiger partial charge < -0.3 is 10.1 Å². The molecule has 0 aromatic heterocycles. The molecule has 0 bridgehead atoms. The first kappa shape index (κ1) is 22.0. The van der Waals surface area contributed by atoms with Gasteiger partial charge in [-0.15, -0.1) is 0 Å². The number of halogens is 1. The van der Waals surface area contributed by atoms with Gasteiger partial charge in [0.25, 0.3) is 0 Å². The number of ether oxygens (including phenoxy) is 1. The maximum atomic E-state index is 13.8. The highest BCUT2D eigenvalue weighted by molar-refractivity contribution is 6.30. The number of fused-ring (bicyclic) bond motifs is 1. The third-order valence-electron chi connectivity index (χ3n) is 6.12.